The van der Waals surface area contributed by atoms with E-state index < -0.39 is 0 Å². The van der Waals surface area contributed by atoms with Gasteiger partial charge in [-0.3, -0.25) is 4.68 Å². The first-order chi connectivity index (χ1) is 10.6. The molecular formula is C16H16N4OS. The molecule has 0 aliphatic carbocycles. The summed E-state index contributed by atoms with van der Waals surface area (Å²) in [6, 6.07) is 4.08. The molecule has 0 aliphatic rings. The third-order valence-electron chi connectivity index (χ3n) is 3.79. The number of nitrogens with one attached hydrogen (secondary N) is 1. The van der Waals surface area contributed by atoms with Crippen LogP contribution in [0.1, 0.15) is 16.8 Å². The average molecular weight is 312 g/mol. The number of furan rings is 1. The van der Waals surface area contributed by atoms with Crippen molar-refractivity contribution in [2.75, 3.05) is 5.32 Å². The second-order valence-corrected chi connectivity index (χ2v) is 6.50. The molecule has 4 heterocycles. The molecule has 6 heteroatoms. The van der Waals surface area contributed by atoms with E-state index in [9.17, 15) is 0 Å². The summed E-state index contributed by atoms with van der Waals surface area (Å²) in [6.45, 7) is 4.87. The summed E-state index contributed by atoms with van der Waals surface area (Å²) in [6.07, 6.45) is 3.42. The maximum atomic E-state index is 5.10. The predicted octanol–water partition coefficient (Wildman–Crippen LogP) is 4.00. The number of hydrogen-bond donors (Lipinski definition) is 1. The normalized spacial score (nSPS) is 11.6. The fourth-order valence-electron chi connectivity index (χ4n) is 2.83. The van der Waals surface area contributed by atoms with Crippen LogP contribution in [0.25, 0.3) is 20.4 Å². The zero-order valence-corrected chi connectivity index (χ0v) is 13.5. The maximum Gasteiger partial charge on any atom is 0.166 e. The fraction of sp³-hybridized carbons (Fsp3) is 0.250. The molecule has 1 N–H and O–H groups in total. The second kappa shape index (κ2) is 4.84. The number of hydrogen-bond acceptors (Lipinski definition) is 5. The number of anilines is 1. The first-order valence-corrected chi connectivity index (χ1v) is 7.93. The molecule has 0 unspecified atom stereocenters. The smallest absolute Gasteiger partial charge is 0.166 e. The fourth-order valence-corrected chi connectivity index (χ4v) is 4.12. The van der Waals surface area contributed by atoms with E-state index in [4.69, 9.17) is 4.42 Å². The molecule has 4 aromatic rings. The van der Waals surface area contributed by atoms with Gasteiger partial charge in [0.1, 0.15) is 4.83 Å². The van der Waals surface area contributed by atoms with Gasteiger partial charge in [0.2, 0.25) is 0 Å². The second-order valence-electron chi connectivity index (χ2n) is 5.50. The van der Waals surface area contributed by atoms with Crippen LogP contribution in [0.2, 0.25) is 0 Å². The molecular weight excluding hydrogens is 296 g/mol. The molecule has 0 saturated heterocycles. The van der Waals surface area contributed by atoms with Crippen molar-refractivity contribution < 1.29 is 4.42 Å². The molecule has 112 valence electrons. The molecule has 0 spiro atoms. The predicted molar refractivity (Wildman–Crippen MR) is 89.4 cm³/mol. The third kappa shape index (κ3) is 1.99. The first-order valence-electron chi connectivity index (χ1n) is 7.12. The molecule has 0 amide bonds. The first kappa shape index (κ1) is 13.3. The van der Waals surface area contributed by atoms with Crippen LogP contribution in [0.5, 0.6) is 0 Å². The molecule has 0 bridgehead atoms. The average Bonchev–Trinajstić information content (AvgIpc) is 3.14. The number of aryl methyl sites for hydroxylation is 3. The topological polar surface area (TPSA) is 55.9 Å². The standard InChI is InChI=1S/C16H16N4OS/c1-9-6-10(2)18-16-12(9)13-14(22-16)15(19-20(13)3)17-7-11-4-5-21-8-11/h4-6,8H,7H2,1-3H3,(H,17,19). The van der Waals surface area contributed by atoms with Crippen molar-refractivity contribution in [3.8, 4) is 0 Å². The zero-order chi connectivity index (χ0) is 15.3. The molecule has 0 aromatic carbocycles. The highest BCUT2D eigenvalue weighted by Crippen LogP contribution is 2.38. The Balaban J connectivity index is 1.84. The molecule has 0 aliphatic heterocycles. The van der Waals surface area contributed by atoms with Crippen molar-refractivity contribution in [1.82, 2.24) is 14.8 Å². The molecule has 4 aromatic heterocycles. The molecule has 0 atom stereocenters. The Morgan fingerprint density at radius 1 is 1.36 bits per heavy atom. The van der Waals surface area contributed by atoms with Crippen molar-refractivity contribution in [2.24, 2.45) is 7.05 Å². The number of thiophene rings is 1. The number of fused-ring (bicyclic) bond motifs is 3. The lowest BCUT2D eigenvalue weighted by Crippen LogP contribution is -2.00. The van der Waals surface area contributed by atoms with E-state index in [1.54, 1.807) is 23.9 Å². The summed E-state index contributed by atoms with van der Waals surface area (Å²) < 4.78 is 8.19. The van der Waals surface area contributed by atoms with Crippen LogP contribution in [0.4, 0.5) is 5.82 Å². The van der Waals surface area contributed by atoms with Crippen molar-refractivity contribution in [2.45, 2.75) is 20.4 Å². The van der Waals surface area contributed by atoms with Gasteiger partial charge in [-0.25, -0.2) is 4.98 Å². The van der Waals surface area contributed by atoms with E-state index in [0.717, 1.165) is 32.1 Å². The highest BCUT2D eigenvalue weighted by atomic mass is 32.1. The monoisotopic (exact) mass is 312 g/mol. The van der Waals surface area contributed by atoms with Crippen LogP contribution in [0, 0.1) is 13.8 Å². The van der Waals surface area contributed by atoms with Crippen LogP contribution in [-0.2, 0) is 13.6 Å². The molecule has 0 radical (unpaired) electrons. The zero-order valence-electron chi connectivity index (χ0n) is 12.7. The Bertz CT molecular complexity index is 965. The van der Waals surface area contributed by atoms with Gasteiger partial charge in [0.25, 0.3) is 0 Å². The van der Waals surface area contributed by atoms with Gasteiger partial charge in [-0.1, -0.05) is 0 Å². The Kier molecular flexibility index (Phi) is 2.94. The Labute approximate surface area is 131 Å². The molecule has 4 rings (SSSR count). The summed E-state index contributed by atoms with van der Waals surface area (Å²) >= 11 is 1.69. The highest BCUT2D eigenvalue weighted by molar-refractivity contribution is 7.26. The van der Waals surface area contributed by atoms with Gasteiger partial charge in [0, 0.05) is 30.2 Å². The van der Waals surface area contributed by atoms with E-state index >= 15 is 0 Å². The van der Waals surface area contributed by atoms with Gasteiger partial charge >= 0.3 is 0 Å². The quantitative estimate of drug-likeness (QED) is 0.621. The molecule has 22 heavy (non-hydrogen) atoms. The Hall–Kier alpha value is -2.34. The van der Waals surface area contributed by atoms with Crippen molar-refractivity contribution in [3.63, 3.8) is 0 Å². The van der Waals surface area contributed by atoms with Crippen molar-refractivity contribution in [1.29, 1.82) is 0 Å². The molecule has 0 fully saturated rings. The number of nitrogens with zero attached hydrogens (tertiary/aromatic N) is 3. The minimum atomic E-state index is 0.697. The van der Waals surface area contributed by atoms with E-state index in [1.165, 1.54) is 10.9 Å². The molecule has 5 nitrogen and oxygen atoms in total. The third-order valence-corrected chi connectivity index (χ3v) is 4.87. The van der Waals surface area contributed by atoms with E-state index in [-0.39, 0.29) is 0 Å². The summed E-state index contributed by atoms with van der Waals surface area (Å²) in [5, 5.41) is 9.22. The SMILES string of the molecule is Cc1cc(C)c2c(n1)sc1c(NCc3ccoc3)nn(C)c12. The minimum absolute atomic E-state index is 0.697. The van der Waals surface area contributed by atoms with Gasteiger partial charge in [-0.2, -0.15) is 5.10 Å². The Morgan fingerprint density at radius 2 is 2.23 bits per heavy atom. The van der Waals surface area contributed by atoms with Crippen LogP contribution < -0.4 is 5.32 Å². The number of aromatic nitrogens is 3. The van der Waals surface area contributed by atoms with E-state index in [1.807, 2.05) is 24.7 Å². The van der Waals surface area contributed by atoms with Gasteiger partial charge < -0.3 is 9.73 Å². The highest BCUT2D eigenvalue weighted by Gasteiger charge is 2.17. The van der Waals surface area contributed by atoms with Crippen LogP contribution >= 0.6 is 11.3 Å². The summed E-state index contributed by atoms with van der Waals surface area (Å²) in [4.78, 5) is 5.75. The molecule has 0 saturated carbocycles. The van der Waals surface area contributed by atoms with Crippen molar-refractivity contribution >= 4 is 37.6 Å². The summed E-state index contributed by atoms with van der Waals surface area (Å²) in [7, 11) is 1.98. The minimum Gasteiger partial charge on any atom is -0.472 e. The van der Waals surface area contributed by atoms with Gasteiger partial charge in [0.05, 0.1) is 22.7 Å². The lowest BCUT2D eigenvalue weighted by Gasteiger charge is -2.00. The van der Waals surface area contributed by atoms with Gasteiger partial charge in [0.15, 0.2) is 5.82 Å². The maximum absolute atomic E-state index is 5.10. The van der Waals surface area contributed by atoms with Crippen LogP contribution in [0.3, 0.4) is 0 Å². The number of pyridine rings is 1. The van der Waals surface area contributed by atoms with E-state index in [0.29, 0.717) is 6.54 Å². The lowest BCUT2D eigenvalue weighted by molar-refractivity contribution is 0.564. The summed E-state index contributed by atoms with van der Waals surface area (Å²) in [5.41, 5.74) is 4.56. The van der Waals surface area contributed by atoms with Crippen LogP contribution in [0.15, 0.2) is 29.1 Å². The van der Waals surface area contributed by atoms with Crippen molar-refractivity contribution in [3.05, 3.63) is 41.5 Å². The van der Waals surface area contributed by atoms with E-state index in [2.05, 4.69) is 28.4 Å². The largest absolute Gasteiger partial charge is 0.472 e. The lowest BCUT2D eigenvalue weighted by atomic mass is 10.1. The summed E-state index contributed by atoms with van der Waals surface area (Å²) in [5.74, 6) is 0.902. The van der Waals surface area contributed by atoms with Gasteiger partial charge in [-0.05, 0) is 31.5 Å². The van der Waals surface area contributed by atoms with Gasteiger partial charge in [-0.15, -0.1) is 11.3 Å². The Morgan fingerprint density at radius 3 is 3.00 bits per heavy atom. The number of rotatable bonds is 3. The van der Waals surface area contributed by atoms with Crippen LogP contribution in [-0.4, -0.2) is 14.8 Å².